The normalized spacial score (nSPS) is 10.8. The number of aryl methyl sites for hydroxylation is 3. The van der Waals surface area contributed by atoms with Gasteiger partial charge in [0.25, 0.3) is 0 Å². The molecule has 124 valence electrons. The highest BCUT2D eigenvalue weighted by Crippen LogP contribution is 2.16. The molecule has 4 heteroatoms. The van der Waals surface area contributed by atoms with Gasteiger partial charge >= 0.3 is 0 Å². The van der Waals surface area contributed by atoms with Crippen LogP contribution >= 0.6 is 0 Å². The molecule has 2 aromatic rings. The second kappa shape index (κ2) is 7.44. The van der Waals surface area contributed by atoms with Crippen molar-refractivity contribution in [2.75, 3.05) is 6.54 Å². The van der Waals surface area contributed by atoms with Gasteiger partial charge in [0, 0.05) is 32.3 Å². The molecule has 23 heavy (non-hydrogen) atoms. The number of rotatable bonds is 6. The summed E-state index contributed by atoms with van der Waals surface area (Å²) in [6, 6.07) is 8.25. The zero-order valence-electron chi connectivity index (χ0n) is 14.9. The van der Waals surface area contributed by atoms with Crippen LogP contribution in [-0.4, -0.2) is 27.1 Å². The monoisotopic (exact) mass is 313 g/mol. The Balaban J connectivity index is 2.02. The third-order valence-corrected chi connectivity index (χ3v) is 4.60. The van der Waals surface area contributed by atoms with Crippen molar-refractivity contribution in [2.45, 2.75) is 47.1 Å². The SMILES string of the molecule is CCN(Cc1ccccc1C)C(=O)CCc1c(C)nn(C)c1C. The summed E-state index contributed by atoms with van der Waals surface area (Å²) in [6.45, 7) is 9.63. The van der Waals surface area contributed by atoms with E-state index in [2.05, 4.69) is 31.1 Å². The van der Waals surface area contributed by atoms with Crippen LogP contribution in [-0.2, 0) is 24.8 Å². The molecule has 0 atom stereocenters. The number of aromatic nitrogens is 2. The third-order valence-electron chi connectivity index (χ3n) is 4.60. The first-order chi connectivity index (χ1) is 10.9. The molecule has 0 radical (unpaired) electrons. The summed E-state index contributed by atoms with van der Waals surface area (Å²) < 4.78 is 1.89. The quantitative estimate of drug-likeness (QED) is 0.820. The fourth-order valence-corrected chi connectivity index (χ4v) is 2.94. The molecule has 1 heterocycles. The fourth-order valence-electron chi connectivity index (χ4n) is 2.94. The lowest BCUT2D eigenvalue weighted by Crippen LogP contribution is -2.30. The second-order valence-electron chi connectivity index (χ2n) is 6.11. The molecule has 0 fully saturated rings. The van der Waals surface area contributed by atoms with Crippen LogP contribution in [0.15, 0.2) is 24.3 Å². The van der Waals surface area contributed by atoms with E-state index in [-0.39, 0.29) is 5.91 Å². The summed E-state index contributed by atoms with van der Waals surface area (Å²) >= 11 is 0. The molecule has 4 nitrogen and oxygen atoms in total. The van der Waals surface area contributed by atoms with E-state index in [4.69, 9.17) is 0 Å². The summed E-state index contributed by atoms with van der Waals surface area (Å²) in [5.41, 5.74) is 5.83. The van der Waals surface area contributed by atoms with E-state index >= 15 is 0 Å². The smallest absolute Gasteiger partial charge is 0.223 e. The number of hydrogen-bond donors (Lipinski definition) is 0. The lowest BCUT2D eigenvalue weighted by atomic mass is 10.1. The Hall–Kier alpha value is -2.10. The predicted octanol–water partition coefficient (Wildman–Crippen LogP) is 3.33. The Bertz CT molecular complexity index is 688. The highest BCUT2D eigenvalue weighted by Gasteiger charge is 2.16. The average Bonchev–Trinajstić information content (AvgIpc) is 2.77. The number of nitrogens with zero attached hydrogens (tertiary/aromatic N) is 3. The summed E-state index contributed by atoms with van der Waals surface area (Å²) in [5, 5.41) is 4.42. The zero-order valence-corrected chi connectivity index (χ0v) is 14.9. The maximum absolute atomic E-state index is 12.6. The molecule has 2 rings (SSSR count). The van der Waals surface area contributed by atoms with Gasteiger partial charge in [-0.3, -0.25) is 9.48 Å². The molecule has 0 aliphatic rings. The molecule has 0 N–H and O–H groups in total. The minimum atomic E-state index is 0.207. The van der Waals surface area contributed by atoms with Crippen LogP contribution in [0.5, 0.6) is 0 Å². The molecule has 0 saturated carbocycles. The number of carbonyl (C=O) groups is 1. The van der Waals surface area contributed by atoms with E-state index in [0.29, 0.717) is 13.0 Å². The van der Waals surface area contributed by atoms with E-state index in [0.717, 1.165) is 24.4 Å². The van der Waals surface area contributed by atoms with Crippen LogP contribution in [0.1, 0.15) is 41.4 Å². The molecule has 0 spiro atoms. The van der Waals surface area contributed by atoms with Gasteiger partial charge in [-0.2, -0.15) is 5.10 Å². The van der Waals surface area contributed by atoms with Gasteiger partial charge in [0.05, 0.1) is 5.69 Å². The first-order valence-electron chi connectivity index (χ1n) is 8.25. The number of amides is 1. The molecular weight excluding hydrogens is 286 g/mol. The Kier molecular flexibility index (Phi) is 5.59. The van der Waals surface area contributed by atoms with Crippen molar-refractivity contribution < 1.29 is 4.79 Å². The predicted molar refractivity (Wildman–Crippen MR) is 93.3 cm³/mol. The Morgan fingerprint density at radius 3 is 2.48 bits per heavy atom. The van der Waals surface area contributed by atoms with Gasteiger partial charge in [0.15, 0.2) is 0 Å². The van der Waals surface area contributed by atoms with E-state index < -0.39 is 0 Å². The fraction of sp³-hybridized carbons (Fsp3) is 0.474. The summed E-state index contributed by atoms with van der Waals surface area (Å²) in [4.78, 5) is 14.5. The number of hydrogen-bond acceptors (Lipinski definition) is 2. The molecule has 0 saturated heterocycles. The maximum Gasteiger partial charge on any atom is 0.223 e. The molecular formula is C19H27N3O. The standard InChI is InChI=1S/C19H27N3O/c1-6-22(13-17-10-8-7-9-14(17)2)19(23)12-11-18-15(3)20-21(5)16(18)4/h7-10H,6,11-13H2,1-5H3. The Morgan fingerprint density at radius 2 is 1.91 bits per heavy atom. The molecule has 1 aromatic heterocycles. The van der Waals surface area contributed by atoms with E-state index in [1.54, 1.807) is 0 Å². The molecule has 0 unspecified atom stereocenters. The molecule has 0 aliphatic heterocycles. The third kappa shape index (κ3) is 4.01. The molecule has 1 amide bonds. The summed E-state index contributed by atoms with van der Waals surface area (Å²) in [5.74, 6) is 0.207. The van der Waals surface area contributed by atoms with Crippen LogP contribution in [0, 0.1) is 20.8 Å². The van der Waals surface area contributed by atoms with Crippen molar-refractivity contribution in [1.29, 1.82) is 0 Å². The number of carbonyl (C=O) groups excluding carboxylic acids is 1. The molecule has 0 bridgehead atoms. The van der Waals surface area contributed by atoms with Gasteiger partial charge in [-0.1, -0.05) is 24.3 Å². The zero-order chi connectivity index (χ0) is 17.0. The van der Waals surface area contributed by atoms with Crippen LogP contribution in [0.3, 0.4) is 0 Å². The minimum Gasteiger partial charge on any atom is -0.339 e. The highest BCUT2D eigenvalue weighted by molar-refractivity contribution is 5.76. The van der Waals surface area contributed by atoms with Crippen molar-refractivity contribution in [2.24, 2.45) is 7.05 Å². The van der Waals surface area contributed by atoms with Gasteiger partial charge in [-0.15, -0.1) is 0 Å². The van der Waals surface area contributed by atoms with E-state index in [1.807, 2.05) is 42.6 Å². The van der Waals surface area contributed by atoms with E-state index in [9.17, 15) is 4.79 Å². The van der Waals surface area contributed by atoms with Crippen LogP contribution in [0.2, 0.25) is 0 Å². The summed E-state index contributed by atoms with van der Waals surface area (Å²) in [7, 11) is 1.95. The van der Waals surface area contributed by atoms with Gasteiger partial charge < -0.3 is 4.90 Å². The summed E-state index contributed by atoms with van der Waals surface area (Å²) in [6.07, 6.45) is 1.29. The topological polar surface area (TPSA) is 38.1 Å². The highest BCUT2D eigenvalue weighted by atomic mass is 16.2. The molecule has 1 aromatic carbocycles. The maximum atomic E-state index is 12.6. The van der Waals surface area contributed by atoms with Crippen LogP contribution in [0.4, 0.5) is 0 Å². The van der Waals surface area contributed by atoms with Crippen molar-refractivity contribution in [1.82, 2.24) is 14.7 Å². The Labute approximate surface area is 139 Å². The van der Waals surface area contributed by atoms with Gasteiger partial charge in [0.1, 0.15) is 0 Å². The van der Waals surface area contributed by atoms with Crippen molar-refractivity contribution in [3.05, 3.63) is 52.3 Å². The lowest BCUT2D eigenvalue weighted by Gasteiger charge is -2.22. The van der Waals surface area contributed by atoms with Crippen LogP contribution < -0.4 is 0 Å². The van der Waals surface area contributed by atoms with Crippen LogP contribution in [0.25, 0.3) is 0 Å². The molecule has 0 aliphatic carbocycles. The van der Waals surface area contributed by atoms with Gasteiger partial charge in [-0.05, 0) is 50.8 Å². The van der Waals surface area contributed by atoms with Gasteiger partial charge in [0.2, 0.25) is 5.91 Å². The van der Waals surface area contributed by atoms with Crippen molar-refractivity contribution in [3.8, 4) is 0 Å². The number of benzene rings is 1. The Morgan fingerprint density at radius 1 is 1.22 bits per heavy atom. The largest absolute Gasteiger partial charge is 0.339 e. The first-order valence-corrected chi connectivity index (χ1v) is 8.25. The van der Waals surface area contributed by atoms with E-state index in [1.165, 1.54) is 16.7 Å². The second-order valence-corrected chi connectivity index (χ2v) is 6.11. The minimum absolute atomic E-state index is 0.207. The van der Waals surface area contributed by atoms with Crippen molar-refractivity contribution >= 4 is 5.91 Å². The lowest BCUT2D eigenvalue weighted by molar-refractivity contribution is -0.131. The van der Waals surface area contributed by atoms with Gasteiger partial charge in [-0.25, -0.2) is 0 Å². The van der Waals surface area contributed by atoms with Crippen molar-refractivity contribution in [3.63, 3.8) is 0 Å². The first kappa shape index (κ1) is 17.3. The average molecular weight is 313 g/mol.